The lowest BCUT2D eigenvalue weighted by molar-refractivity contribution is 0.0393. The fourth-order valence-electron chi connectivity index (χ4n) is 4.82. The molecule has 256 valence electrons. The molecular weight excluding hydrogens is 632 g/mol. The van der Waals surface area contributed by atoms with Gasteiger partial charge in [0.05, 0.1) is 37.4 Å². The van der Waals surface area contributed by atoms with E-state index in [2.05, 4.69) is 21.3 Å². The Hall–Kier alpha value is -4.30. The first-order valence-electron chi connectivity index (χ1n) is 16.0. The van der Waals surface area contributed by atoms with Crippen LogP contribution in [-0.2, 0) is 22.7 Å². The fraction of sp³-hybridized carbons (Fsp3) is 0.333. The van der Waals surface area contributed by atoms with Crippen LogP contribution in [0.4, 0.5) is 21.9 Å². The van der Waals surface area contributed by atoms with Crippen LogP contribution in [0, 0.1) is 0 Å². The van der Waals surface area contributed by atoms with Gasteiger partial charge in [0.2, 0.25) is 0 Å². The van der Waals surface area contributed by atoms with Gasteiger partial charge in [-0.1, -0.05) is 43.2 Å². The van der Waals surface area contributed by atoms with Crippen molar-refractivity contribution >= 4 is 40.3 Å². The Morgan fingerprint density at radius 3 is 2.27 bits per heavy atom. The summed E-state index contributed by atoms with van der Waals surface area (Å²) >= 11 is 1.36. The number of thiophene rings is 1. The summed E-state index contributed by atoms with van der Waals surface area (Å²) in [5, 5.41) is 42.8. The number of anilines is 3. The highest BCUT2D eigenvalue weighted by Crippen LogP contribution is 2.22. The number of amides is 3. The molecule has 0 saturated carbocycles. The Labute approximate surface area is 284 Å². The molecular formula is C36H44N4O7S. The second kappa shape index (κ2) is 20.2. The molecule has 0 fully saturated rings. The predicted octanol–water partition coefficient (Wildman–Crippen LogP) is 6.26. The molecule has 3 amide bonds. The molecule has 1 aromatic heterocycles. The topological polar surface area (TPSA) is 161 Å². The van der Waals surface area contributed by atoms with Crippen molar-refractivity contribution < 1.29 is 34.4 Å². The van der Waals surface area contributed by atoms with E-state index in [9.17, 15) is 24.9 Å². The first kappa shape index (κ1) is 36.5. The Balaban J connectivity index is 1.01. The number of aliphatic hydroxyl groups excluding tert-OH is 2. The average Bonchev–Trinajstić information content (AvgIpc) is 3.63. The van der Waals surface area contributed by atoms with E-state index in [-0.39, 0.29) is 18.3 Å². The van der Waals surface area contributed by atoms with Gasteiger partial charge >= 0.3 is 6.03 Å². The molecule has 0 unspecified atom stereocenters. The van der Waals surface area contributed by atoms with Gasteiger partial charge in [-0.05, 0) is 84.4 Å². The molecule has 0 saturated heterocycles. The van der Waals surface area contributed by atoms with E-state index in [0.717, 1.165) is 37.8 Å². The third-order valence-corrected chi connectivity index (χ3v) is 8.21. The zero-order valence-electron chi connectivity index (χ0n) is 26.8. The lowest BCUT2D eigenvalue weighted by Gasteiger charge is -2.14. The Kier molecular flexibility index (Phi) is 15.3. The van der Waals surface area contributed by atoms with Gasteiger partial charge in [-0.2, -0.15) is 0 Å². The third-order valence-electron chi connectivity index (χ3n) is 7.34. The second-order valence-electron chi connectivity index (χ2n) is 11.1. The maximum Gasteiger partial charge on any atom is 0.323 e. The average molecular weight is 677 g/mol. The summed E-state index contributed by atoms with van der Waals surface area (Å²) < 4.78 is 11.4. The molecule has 0 bridgehead atoms. The third kappa shape index (κ3) is 12.7. The van der Waals surface area contributed by atoms with E-state index in [4.69, 9.17) is 9.47 Å². The number of hydrogen-bond donors (Lipinski definition) is 7. The standard InChI is InChI=1S/C36H44N4O7S/c41-24-28-21-27(13-14-32(28)42)33(43)23-37-15-3-1-2-4-16-46-17-18-47-25-26-8-5-9-29(20-26)39-36(45)40-31-11-6-10-30(22-31)38-35(44)34-12-7-19-48-34/h5-14,19-22,33,37,41-43H,1-4,15-18,23-25H2,(H,38,44)(H2,39,40,45)/t33-/m1/s1. The molecule has 0 radical (unpaired) electrons. The van der Waals surface area contributed by atoms with Crippen LogP contribution in [0.5, 0.6) is 5.75 Å². The summed E-state index contributed by atoms with van der Waals surface area (Å²) in [5.41, 5.74) is 3.75. The van der Waals surface area contributed by atoms with Crippen LogP contribution >= 0.6 is 11.3 Å². The highest BCUT2D eigenvalue weighted by atomic mass is 32.1. The van der Waals surface area contributed by atoms with Crippen molar-refractivity contribution in [3.63, 3.8) is 0 Å². The monoisotopic (exact) mass is 676 g/mol. The summed E-state index contributed by atoms with van der Waals surface area (Å²) in [5.74, 6) is -0.174. The molecule has 4 aromatic rings. The number of benzene rings is 3. The Morgan fingerprint density at radius 2 is 1.50 bits per heavy atom. The zero-order valence-corrected chi connectivity index (χ0v) is 27.6. The van der Waals surface area contributed by atoms with Gasteiger partial charge in [-0.3, -0.25) is 4.79 Å². The van der Waals surface area contributed by atoms with Gasteiger partial charge in [0.25, 0.3) is 5.91 Å². The van der Waals surface area contributed by atoms with E-state index >= 15 is 0 Å². The van der Waals surface area contributed by atoms with E-state index in [0.29, 0.717) is 66.0 Å². The van der Waals surface area contributed by atoms with Crippen LogP contribution in [-0.4, -0.2) is 60.2 Å². The minimum absolute atomic E-state index is 0.0247. The van der Waals surface area contributed by atoms with Crippen molar-refractivity contribution in [3.05, 3.63) is 106 Å². The molecule has 11 nitrogen and oxygen atoms in total. The second-order valence-corrected chi connectivity index (χ2v) is 12.1. The normalized spacial score (nSPS) is 11.6. The fourth-order valence-corrected chi connectivity index (χ4v) is 5.44. The minimum Gasteiger partial charge on any atom is -0.508 e. The number of ether oxygens (including phenoxy) is 2. The summed E-state index contributed by atoms with van der Waals surface area (Å²) in [6.07, 6.45) is 3.36. The van der Waals surface area contributed by atoms with Crippen LogP contribution in [0.25, 0.3) is 0 Å². The first-order chi connectivity index (χ1) is 23.4. The van der Waals surface area contributed by atoms with Crippen LogP contribution in [0.1, 0.15) is 58.1 Å². The molecule has 0 aliphatic carbocycles. The zero-order chi connectivity index (χ0) is 34.0. The van der Waals surface area contributed by atoms with Crippen molar-refractivity contribution in [1.29, 1.82) is 0 Å². The number of nitrogens with one attached hydrogen (secondary N) is 4. The molecule has 1 heterocycles. The van der Waals surface area contributed by atoms with Gasteiger partial charge in [0, 0.05) is 35.8 Å². The largest absolute Gasteiger partial charge is 0.508 e. The number of carbonyl (C=O) groups is 2. The van der Waals surface area contributed by atoms with Crippen molar-refractivity contribution in [2.45, 2.75) is 45.0 Å². The van der Waals surface area contributed by atoms with Gasteiger partial charge in [-0.25, -0.2) is 4.79 Å². The van der Waals surface area contributed by atoms with E-state index in [1.807, 2.05) is 29.6 Å². The van der Waals surface area contributed by atoms with Crippen LogP contribution in [0.2, 0.25) is 0 Å². The SMILES string of the molecule is O=C(Nc1cccc(COCCOCCCCCCNC[C@@H](O)c2ccc(O)c(CO)c2)c1)Nc1cccc(NC(=O)c2cccs2)c1. The van der Waals surface area contributed by atoms with Crippen LogP contribution in [0.15, 0.2) is 84.2 Å². The number of unbranched alkanes of at least 4 members (excludes halogenated alkanes) is 3. The lowest BCUT2D eigenvalue weighted by atomic mass is 10.1. The highest BCUT2D eigenvalue weighted by molar-refractivity contribution is 7.12. The minimum atomic E-state index is -0.701. The smallest absolute Gasteiger partial charge is 0.323 e. The van der Waals surface area contributed by atoms with Gasteiger partial charge in [0.15, 0.2) is 0 Å². The van der Waals surface area contributed by atoms with Crippen molar-refractivity contribution in [1.82, 2.24) is 5.32 Å². The van der Waals surface area contributed by atoms with Gasteiger partial charge in [0.1, 0.15) is 5.75 Å². The van der Waals surface area contributed by atoms with E-state index in [1.165, 1.54) is 17.4 Å². The molecule has 1 atom stereocenters. The quantitative estimate of drug-likeness (QED) is 0.0540. The van der Waals surface area contributed by atoms with Crippen LogP contribution in [0.3, 0.4) is 0 Å². The number of rotatable bonds is 20. The van der Waals surface area contributed by atoms with Gasteiger partial charge < -0.3 is 46.1 Å². The molecule has 3 aromatic carbocycles. The number of aliphatic hydroxyl groups is 2. The van der Waals surface area contributed by atoms with Crippen molar-refractivity contribution in [3.8, 4) is 5.75 Å². The summed E-state index contributed by atoms with van der Waals surface area (Å²) in [6.45, 7) is 2.96. The Morgan fingerprint density at radius 1 is 0.771 bits per heavy atom. The van der Waals surface area contributed by atoms with E-state index < -0.39 is 12.1 Å². The number of phenols is 1. The van der Waals surface area contributed by atoms with E-state index in [1.54, 1.807) is 48.5 Å². The first-order valence-corrected chi connectivity index (χ1v) is 16.9. The maximum atomic E-state index is 12.6. The van der Waals surface area contributed by atoms with Gasteiger partial charge in [-0.15, -0.1) is 11.3 Å². The molecule has 7 N–H and O–H groups in total. The summed E-state index contributed by atoms with van der Waals surface area (Å²) in [6, 6.07) is 22.3. The number of hydrogen-bond acceptors (Lipinski definition) is 9. The van der Waals surface area contributed by atoms with Crippen molar-refractivity contribution in [2.75, 3.05) is 48.9 Å². The lowest BCUT2D eigenvalue weighted by Crippen LogP contribution is -2.22. The van der Waals surface area contributed by atoms with Crippen molar-refractivity contribution in [2.24, 2.45) is 0 Å². The molecule has 4 rings (SSSR count). The highest BCUT2D eigenvalue weighted by Gasteiger charge is 2.11. The molecule has 12 heteroatoms. The molecule has 0 aliphatic heterocycles. The maximum absolute atomic E-state index is 12.6. The predicted molar refractivity (Wildman–Crippen MR) is 189 cm³/mol. The molecule has 0 spiro atoms. The summed E-state index contributed by atoms with van der Waals surface area (Å²) in [4.78, 5) is 25.5. The number of aromatic hydroxyl groups is 1. The molecule has 0 aliphatic rings. The molecule has 48 heavy (non-hydrogen) atoms. The summed E-state index contributed by atoms with van der Waals surface area (Å²) in [7, 11) is 0. The van der Waals surface area contributed by atoms with Crippen LogP contribution < -0.4 is 21.3 Å². The number of carbonyl (C=O) groups excluding carboxylic acids is 2. The Bertz CT molecular complexity index is 1570. The number of urea groups is 1.